The number of pyridine rings is 1. The minimum atomic E-state index is -0.103. The van der Waals surface area contributed by atoms with Crippen LogP contribution in [0.4, 0.5) is 0 Å². The molecule has 1 heterocycles. The van der Waals surface area contributed by atoms with Crippen LogP contribution in [0.15, 0.2) is 35.1 Å². The maximum absolute atomic E-state index is 12.8. The molecule has 1 N–H and O–H groups in total. The van der Waals surface area contributed by atoms with Gasteiger partial charge < -0.3 is 9.88 Å². The molecule has 4 heteroatoms. The van der Waals surface area contributed by atoms with Gasteiger partial charge in [0.2, 0.25) is 0 Å². The molecule has 1 amide bonds. The van der Waals surface area contributed by atoms with E-state index in [2.05, 4.69) is 4.98 Å². The summed E-state index contributed by atoms with van der Waals surface area (Å²) >= 11 is 0. The van der Waals surface area contributed by atoms with Gasteiger partial charge in [-0.3, -0.25) is 9.59 Å². The molecule has 4 nitrogen and oxygen atoms in total. The molecular formula is C19H24N2O2. The van der Waals surface area contributed by atoms with Crippen molar-refractivity contribution in [3.05, 3.63) is 46.2 Å². The highest BCUT2D eigenvalue weighted by Gasteiger charge is 2.22. The van der Waals surface area contributed by atoms with Gasteiger partial charge in [0, 0.05) is 30.1 Å². The zero-order valence-corrected chi connectivity index (χ0v) is 13.7. The molecule has 2 aromatic rings. The zero-order chi connectivity index (χ0) is 16.2. The van der Waals surface area contributed by atoms with Gasteiger partial charge in [-0.2, -0.15) is 0 Å². The first-order valence-electron chi connectivity index (χ1n) is 8.56. The first-order valence-corrected chi connectivity index (χ1v) is 8.56. The molecule has 1 aliphatic rings. The number of hydrogen-bond acceptors (Lipinski definition) is 2. The smallest absolute Gasteiger partial charge is 0.270 e. The Morgan fingerprint density at radius 1 is 1.09 bits per heavy atom. The molecule has 1 fully saturated rings. The Labute approximate surface area is 136 Å². The van der Waals surface area contributed by atoms with Crippen LogP contribution in [0.25, 0.3) is 10.9 Å². The fraction of sp³-hybridized carbons (Fsp3) is 0.474. The van der Waals surface area contributed by atoms with Crippen LogP contribution in [0.3, 0.4) is 0 Å². The second-order valence-electron chi connectivity index (χ2n) is 6.51. The van der Waals surface area contributed by atoms with Crippen LogP contribution in [0.2, 0.25) is 0 Å². The number of hydrogen-bond donors (Lipinski definition) is 1. The predicted molar refractivity (Wildman–Crippen MR) is 92.8 cm³/mol. The molecule has 0 saturated heterocycles. The van der Waals surface area contributed by atoms with Crippen LogP contribution in [0.5, 0.6) is 0 Å². The number of aromatic amines is 1. The Bertz CT molecular complexity index is 742. The minimum Gasteiger partial charge on any atom is -0.350 e. The van der Waals surface area contributed by atoms with Crippen LogP contribution in [-0.2, 0) is 0 Å². The summed E-state index contributed by atoms with van der Waals surface area (Å²) in [6, 6.07) is 9.02. The SMILES string of the molecule is CN(C(=O)c1cc(=O)c2ccccc2[nH]1)C1CCCCCCC1. The topological polar surface area (TPSA) is 53.2 Å². The monoisotopic (exact) mass is 312 g/mol. The Balaban J connectivity index is 1.85. The van der Waals surface area contributed by atoms with Crippen molar-refractivity contribution < 1.29 is 4.79 Å². The summed E-state index contributed by atoms with van der Waals surface area (Å²) in [5.41, 5.74) is 1.00. The maximum Gasteiger partial charge on any atom is 0.270 e. The predicted octanol–water partition coefficient (Wildman–Crippen LogP) is 3.71. The molecule has 1 aromatic carbocycles. The summed E-state index contributed by atoms with van der Waals surface area (Å²) < 4.78 is 0. The number of para-hydroxylation sites is 1. The molecule has 1 aromatic heterocycles. The summed E-state index contributed by atoms with van der Waals surface area (Å²) in [5.74, 6) is -0.0848. The molecule has 3 rings (SSSR count). The van der Waals surface area contributed by atoms with Crippen LogP contribution in [0, 0.1) is 0 Å². The Hall–Kier alpha value is -2.10. The molecule has 0 atom stereocenters. The average Bonchev–Trinajstić information content (AvgIpc) is 2.53. The Morgan fingerprint density at radius 3 is 2.48 bits per heavy atom. The second-order valence-corrected chi connectivity index (χ2v) is 6.51. The van der Waals surface area contributed by atoms with Crippen molar-refractivity contribution in [3.63, 3.8) is 0 Å². The van der Waals surface area contributed by atoms with E-state index in [0.29, 0.717) is 11.1 Å². The van der Waals surface area contributed by atoms with Gasteiger partial charge in [0.15, 0.2) is 5.43 Å². The lowest BCUT2D eigenvalue weighted by Gasteiger charge is -2.29. The Morgan fingerprint density at radius 2 is 1.74 bits per heavy atom. The van der Waals surface area contributed by atoms with Crippen molar-refractivity contribution >= 4 is 16.8 Å². The van der Waals surface area contributed by atoms with Gasteiger partial charge in [-0.25, -0.2) is 0 Å². The number of benzene rings is 1. The largest absolute Gasteiger partial charge is 0.350 e. The first kappa shape index (κ1) is 15.8. The number of nitrogens with one attached hydrogen (secondary N) is 1. The van der Waals surface area contributed by atoms with Gasteiger partial charge in [0.05, 0.1) is 0 Å². The minimum absolute atomic E-state index is 0.0848. The maximum atomic E-state index is 12.8. The summed E-state index contributed by atoms with van der Waals surface area (Å²) in [5, 5.41) is 0.623. The lowest BCUT2D eigenvalue weighted by Crippen LogP contribution is -2.38. The van der Waals surface area contributed by atoms with E-state index < -0.39 is 0 Å². The third-order valence-electron chi connectivity index (χ3n) is 4.91. The van der Waals surface area contributed by atoms with E-state index in [0.717, 1.165) is 18.4 Å². The van der Waals surface area contributed by atoms with Crippen molar-refractivity contribution in [2.75, 3.05) is 7.05 Å². The van der Waals surface area contributed by atoms with Gasteiger partial charge in [0.25, 0.3) is 5.91 Å². The number of carbonyl (C=O) groups excluding carboxylic acids is 1. The van der Waals surface area contributed by atoms with E-state index in [4.69, 9.17) is 0 Å². The zero-order valence-electron chi connectivity index (χ0n) is 13.7. The number of amides is 1. The van der Waals surface area contributed by atoms with Gasteiger partial charge in [-0.05, 0) is 25.0 Å². The van der Waals surface area contributed by atoms with Gasteiger partial charge in [-0.15, -0.1) is 0 Å². The van der Waals surface area contributed by atoms with Crippen LogP contribution >= 0.6 is 0 Å². The highest BCUT2D eigenvalue weighted by molar-refractivity contribution is 5.94. The van der Waals surface area contributed by atoms with Gasteiger partial charge in [-0.1, -0.05) is 44.2 Å². The third kappa shape index (κ3) is 3.46. The molecule has 122 valence electrons. The molecule has 0 unspecified atom stereocenters. The molecule has 0 aliphatic heterocycles. The van der Waals surface area contributed by atoms with E-state index in [9.17, 15) is 9.59 Å². The molecular weight excluding hydrogens is 288 g/mol. The fourth-order valence-corrected chi connectivity index (χ4v) is 3.49. The molecule has 1 aliphatic carbocycles. The van der Waals surface area contributed by atoms with E-state index in [1.807, 2.05) is 30.1 Å². The molecule has 0 radical (unpaired) electrons. The average molecular weight is 312 g/mol. The third-order valence-corrected chi connectivity index (χ3v) is 4.91. The number of fused-ring (bicyclic) bond motifs is 1. The number of carbonyl (C=O) groups is 1. The van der Waals surface area contributed by atoms with Crippen molar-refractivity contribution in [2.24, 2.45) is 0 Å². The fourth-order valence-electron chi connectivity index (χ4n) is 3.49. The van der Waals surface area contributed by atoms with E-state index in [-0.39, 0.29) is 17.4 Å². The highest BCUT2D eigenvalue weighted by atomic mass is 16.2. The van der Waals surface area contributed by atoms with E-state index >= 15 is 0 Å². The number of nitrogens with zero attached hydrogens (tertiary/aromatic N) is 1. The molecule has 23 heavy (non-hydrogen) atoms. The summed E-state index contributed by atoms with van der Waals surface area (Å²) in [6.07, 6.45) is 8.28. The highest BCUT2D eigenvalue weighted by Crippen LogP contribution is 2.21. The van der Waals surface area contributed by atoms with E-state index in [1.165, 1.54) is 38.2 Å². The van der Waals surface area contributed by atoms with Crippen molar-refractivity contribution in [3.8, 4) is 0 Å². The molecule has 1 saturated carbocycles. The van der Waals surface area contributed by atoms with Crippen LogP contribution in [-0.4, -0.2) is 28.9 Å². The Kier molecular flexibility index (Phi) is 4.79. The summed E-state index contributed by atoms with van der Waals surface area (Å²) in [7, 11) is 1.86. The molecule has 0 bridgehead atoms. The van der Waals surface area contributed by atoms with Crippen LogP contribution < -0.4 is 5.43 Å². The van der Waals surface area contributed by atoms with Gasteiger partial charge in [0.1, 0.15) is 5.69 Å². The second kappa shape index (κ2) is 6.99. The lowest BCUT2D eigenvalue weighted by atomic mass is 9.95. The quantitative estimate of drug-likeness (QED) is 0.919. The molecule has 0 spiro atoms. The first-order chi connectivity index (χ1) is 11.2. The van der Waals surface area contributed by atoms with Crippen molar-refractivity contribution in [1.82, 2.24) is 9.88 Å². The lowest BCUT2D eigenvalue weighted by molar-refractivity contribution is 0.0701. The van der Waals surface area contributed by atoms with Gasteiger partial charge >= 0.3 is 0 Å². The van der Waals surface area contributed by atoms with Crippen molar-refractivity contribution in [1.29, 1.82) is 0 Å². The summed E-state index contributed by atoms with van der Waals surface area (Å²) in [6.45, 7) is 0. The number of rotatable bonds is 2. The normalized spacial score (nSPS) is 16.7. The number of H-pyrrole nitrogens is 1. The van der Waals surface area contributed by atoms with Crippen molar-refractivity contribution in [2.45, 2.75) is 51.0 Å². The van der Waals surface area contributed by atoms with Crippen LogP contribution in [0.1, 0.15) is 55.4 Å². The summed E-state index contributed by atoms with van der Waals surface area (Å²) in [4.78, 5) is 30.0. The number of aromatic nitrogens is 1. The van der Waals surface area contributed by atoms with E-state index in [1.54, 1.807) is 6.07 Å². The standard InChI is InChI=1S/C19H24N2O2/c1-21(14-9-5-3-2-4-6-10-14)19(23)17-13-18(22)15-11-7-8-12-16(15)20-17/h7-8,11-14H,2-6,9-10H2,1H3,(H,20,22).